The van der Waals surface area contributed by atoms with E-state index in [0.717, 1.165) is 18.2 Å². The predicted octanol–water partition coefficient (Wildman–Crippen LogP) is 2.25. The monoisotopic (exact) mass is 494 g/mol. The van der Waals surface area contributed by atoms with Crippen LogP contribution in [0.3, 0.4) is 0 Å². The molecule has 0 spiro atoms. The third-order valence-electron chi connectivity index (χ3n) is 4.64. The second-order valence-corrected chi connectivity index (χ2v) is 7.73. The molecule has 1 aliphatic rings. The summed E-state index contributed by atoms with van der Waals surface area (Å²) in [5.41, 5.74) is -1.73. The molecule has 0 aromatic heterocycles. The topological polar surface area (TPSA) is 108 Å². The maximum absolute atomic E-state index is 14.2. The van der Waals surface area contributed by atoms with Gasteiger partial charge in [-0.3, -0.25) is 19.3 Å². The third-order valence-corrected chi connectivity index (χ3v) is 5.33. The van der Waals surface area contributed by atoms with Crippen LogP contribution in [-0.2, 0) is 19.9 Å². The molecule has 0 radical (unpaired) electrons. The molecule has 1 unspecified atom stereocenters. The maximum atomic E-state index is 14.2. The van der Waals surface area contributed by atoms with Gasteiger partial charge in [-0.1, -0.05) is 12.1 Å². The molecule has 0 bridgehead atoms. The van der Waals surface area contributed by atoms with E-state index >= 15 is 0 Å². The van der Waals surface area contributed by atoms with Crippen LogP contribution < -0.4 is 16.0 Å². The van der Waals surface area contributed by atoms with Crippen molar-refractivity contribution in [2.24, 2.45) is 0 Å². The average molecular weight is 495 g/mol. The maximum Gasteiger partial charge on any atom is 0.325 e. The van der Waals surface area contributed by atoms with Gasteiger partial charge in [-0.05, 0) is 53.2 Å². The van der Waals surface area contributed by atoms with Gasteiger partial charge in [0.1, 0.15) is 23.7 Å². The van der Waals surface area contributed by atoms with Crippen molar-refractivity contribution in [3.05, 3.63) is 64.1 Å². The number of anilines is 1. The van der Waals surface area contributed by atoms with Gasteiger partial charge in [0.25, 0.3) is 5.91 Å². The summed E-state index contributed by atoms with van der Waals surface area (Å²) in [6.45, 7) is 0.118. The predicted molar refractivity (Wildman–Crippen MR) is 110 cm³/mol. The van der Waals surface area contributed by atoms with Crippen LogP contribution in [0.25, 0.3) is 0 Å². The number of nitrogens with one attached hydrogen (secondary N) is 3. The van der Waals surface area contributed by atoms with Crippen molar-refractivity contribution < 1.29 is 28.0 Å². The standard InChI is InChI=1S/C20H17BrF2N4O4/c1-20(12-8-11(22)6-7-14(12)23)18(30)27(19(31)26-20)10-17(29)24-9-16(28)25-15-5-3-2-4-13(15)21/h2-8H,9-10H2,1H3,(H,24,29)(H,25,28)(H,26,31). The molecule has 2 aromatic rings. The summed E-state index contributed by atoms with van der Waals surface area (Å²) >= 11 is 3.27. The number of carbonyl (C=O) groups excluding carboxylic acids is 4. The Balaban J connectivity index is 1.62. The van der Waals surface area contributed by atoms with E-state index in [1.165, 1.54) is 6.92 Å². The van der Waals surface area contributed by atoms with Gasteiger partial charge in [0.15, 0.2) is 0 Å². The fraction of sp³-hybridized carbons (Fsp3) is 0.200. The molecule has 31 heavy (non-hydrogen) atoms. The molecule has 1 saturated heterocycles. The van der Waals surface area contributed by atoms with Crippen molar-refractivity contribution in [1.82, 2.24) is 15.5 Å². The van der Waals surface area contributed by atoms with Gasteiger partial charge in [0, 0.05) is 10.0 Å². The van der Waals surface area contributed by atoms with Crippen molar-refractivity contribution in [2.45, 2.75) is 12.5 Å². The summed E-state index contributed by atoms with van der Waals surface area (Å²) in [6, 6.07) is 8.46. The van der Waals surface area contributed by atoms with Gasteiger partial charge in [0.2, 0.25) is 11.8 Å². The van der Waals surface area contributed by atoms with Crippen LogP contribution in [0.4, 0.5) is 19.3 Å². The van der Waals surface area contributed by atoms with E-state index in [-0.39, 0.29) is 5.56 Å². The minimum atomic E-state index is -1.87. The highest BCUT2D eigenvalue weighted by Crippen LogP contribution is 2.31. The van der Waals surface area contributed by atoms with Gasteiger partial charge in [-0.2, -0.15) is 0 Å². The highest BCUT2D eigenvalue weighted by molar-refractivity contribution is 9.10. The first-order chi connectivity index (χ1) is 14.6. The van der Waals surface area contributed by atoms with Crippen LogP contribution in [0.15, 0.2) is 46.9 Å². The minimum absolute atomic E-state index is 0.360. The molecule has 5 amide bonds. The van der Waals surface area contributed by atoms with Gasteiger partial charge in [-0.25, -0.2) is 13.6 Å². The number of carbonyl (C=O) groups is 4. The number of hydrogen-bond donors (Lipinski definition) is 3. The smallest absolute Gasteiger partial charge is 0.325 e. The lowest BCUT2D eigenvalue weighted by atomic mass is 9.91. The number of para-hydroxylation sites is 1. The molecule has 2 aromatic carbocycles. The molecule has 1 heterocycles. The summed E-state index contributed by atoms with van der Waals surface area (Å²) in [6.07, 6.45) is 0. The number of nitrogens with zero attached hydrogens (tertiary/aromatic N) is 1. The molecule has 11 heteroatoms. The van der Waals surface area contributed by atoms with E-state index in [9.17, 15) is 28.0 Å². The number of urea groups is 1. The zero-order valence-corrected chi connectivity index (χ0v) is 17.8. The Morgan fingerprint density at radius 1 is 1.13 bits per heavy atom. The Morgan fingerprint density at radius 3 is 2.55 bits per heavy atom. The lowest BCUT2D eigenvalue weighted by Crippen LogP contribution is -2.44. The molecule has 1 fully saturated rings. The molecule has 1 atom stereocenters. The molecule has 162 valence electrons. The van der Waals surface area contributed by atoms with E-state index in [2.05, 4.69) is 31.9 Å². The molecule has 3 N–H and O–H groups in total. The third kappa shape index (κ3) is 4.71. The molecule has 0 aliphatic carbocycles. The van der Waals surface area contributed by atoms with Gasteiger partial charge >= 0.3 is 6.03 Å². The molecule has 8 nitrogen and oxygen atoms in total. The number of halogens is 3. The molecular weight excluding hydrogens is 478 g/mol. The summed E-state index contributed by atoms with van der Waals surface area (Å²) < 4.78 is 28.4. The van der Waals surface area contributed by atoms with Crippen LogP contribution in [0.2, 0.25) is 0 Å². The Labute approximate surface area is 184 Å². The zero-order chi connectivity index (χ0) is 22.8. The molecule has 0 saturated carbocycles. The van der Waals surface area contributed by atoms with E-state index < -0.39 is 54.0 Å². The van der Waals surface area contributed by atoms with Crippen molar-refractivity contribution in [3.8, 4) is 0 Å². The van der Waals surface area contributed by atoms with Crippen molar-refractivity contribution in [3.63, 3.8) is 0 Å². The van der Waals surface area contributed by atoms with E-state index in [1.807, 2.05) is 0 Å². The normalized spacial score (nSPS) is 18.0. The van der Waals surface area contributed by atoms with E-state index in [4.69, 9.17) is 0 Å². The number of amides is 5. The number of imide groups is 1. The lowest BCUT2D eigenvalue weighted by molar-refractivity contribution is -0.135. The van der Waals surface area contributed by atoms with Crippen molar-refractivity contribution in [2.75, 3.05) is 18.4 Å². The van der Waals surface area contributed by atoms with Crippen LogP contribution in [0.1, 0.15) is 12.5 Å². The van der Waals surface area contributed by atoms with E-state index in [0.29, 0.717) is 15.1 Å². The summed E-state index contributed by atoms with van der Waals surface area (Å²) in [5, 5.41) is 7.18. The Hall–Kier alpha value is -3.34. The quantitative estimate of drug-likeness (QED) is 0.535. The Bertz CT molecular complexity index is 1080. The number of rotatable bonds is 6. The Morgan fingerprint density at radius 2 is 1.84 bits per heavy atom. The SMILES string of the molecule is CC1(c2cc(F)ccc2F)NC(=O)N(CC(=O)NCC(=O)Nc2ccccc2Br)C1=O. The second-order valence-electron chi connectivity index (χ2n) is 6.88. The fourth-order valence-corrected chi connectivity index (χ4v) is 3.42. The highest BCUT2D eigenvalue weighted by Gasteiger charge is 2.50. The van der Waals surface area contributed by atoms with Gasteiger partial charge < -0.3 is 16.0 Å². The van der Waals surface area contributed by atoms with Crippen LogP contribution in [0, 0.1) is 11.6 Å². The van der Waals surface area contributed by atoms with Crippen LogP contribution >= 0.6 is 15.9 Å². The summed E-state index contributed by atoms with van der Waals surface area (Å²) in [7, 11) is 0. The first kappa shape index (κ1) is 22.3. The highest BCUT2D eigenvalue weighted by atomic mass is 79.9. The number of benzene rings is 2. The second kappa shape index (κ2) is 8.80. The number of hydrogen-bond acceptors (Lipinski definition) is 4. The summed E-state index contributed by atoms with van der Waals surface area (Å²) in [5.74, 6) is -3.90. The van der Waals surface area contributed by atoms with E-state index in [1.54, 1.807) is 24.3 Å². The largest absolute Gasteiger partial charge is 0.345 e. The molecular formula is C20H17BrF2N4O4. The van der Waals surface area contributed by atoms with Gasteiger partial charge in [0.05, 0.1) is 12.2 Å². The molecule has 1 aliphatic heterocycles. The minimum Gasteiger partial charge on any atom is -0.345 e. The fourth-order valence-electron chi connectivity index (χ4n) is 3.04. The first-order valence-electron chi connectivity index (χ1n) is 9.02. The zero-order valence-electron chi connectivity index (χ0n) is 16.2. The van der Waals surface area contributed by atoms with Crippen LogP contribution in [-0.4, -0.2) is 41.7 Å². The lowest BCUT2D eigenvalue weighted by Gasteiger charge is -2.22. The first-order valence-corrected chi connectivity index (χ1v) is 9.82. The molecule has 3 rings (SSSR count). The van der Waals surface area contributed by atoms with Gasteiger partial charge in [-0.15, -0.1) is 0 Å². The van der Waals surface area contributed by atoms with Crippen molar-refractivity contribution in [1.29, 1.82) is 0 Å². The average Bonchev–Trinajstić information content (AvgIpc) is 2.94. The summed E-state index contributed by atoms with van der Waals surface area (Å²) in [4.78, 5) is 49.7. The van der Waals surface area contributed by atoms with Crippen molar-refractivity contribution >= 4 is 45.4 Å². The Kier molecular flexibility index (Phi) is 6.34. The van der Waals surface area contributed by atoms with Crippen LogP contribution in [0.5, 0.6) is 0 Å².